The molecule has 14 heteroatoms. The van der Waals surface area contributed by atoms with E-state index < -0.39 is 17.7 Å². The minimum atomic E-state index is -4.92. The second-order valence-corrected chi connectivity index (χ2v) is 1.57. The third-order valence-corrected chi connectivity index (χ3v) is 0. The first-order chi connectivity index (χ1) is 3.73. The zero-order chi connectivity index (χ0) is 8.08. The topological polar surface area (TPSA) is 210 Å². The first kappa shape index (κ1) is 43.5. The molecular weight excluding hydrogens is 273 g/mol. The van der Waals surface area contributed by atoms with E-state index in [0.29, 0.717) is 0 Å². The SMILES string of the molecule is O.O.O=S(=O)([O-])O.[Ca+2].[Na+].[Na+].[O-]B([O-])[O-]. The van der Waals surface area contributed by atoms with Crippen molar-refractivity contribution in [1.82, 2.24) is 0 Å². The van der Waals surface area contributed by atoms with E-state index in [1.807, 2.05) is 0 Å². The molecule has 0 fully saturated rings. The predicted molar refractivity (Wildman–Crippen MR) is 31.1 cm³/mol. The minimum Gasteiger partial charge on any atom is -0.907 e. The molecule has 0 unspecified atom stereocenters. The first-order valence-electron chi connectivity index (χ1n) is 1.39. The van der Waals surface area contributed by atoms with Crippen LogP contribution in [0, 0.1) is 0 Å². The van der Waals surface area contributed by atoms with Crippen LogP contribution >= 0.6 is 0 Å². The smallest absolute Gasteiger partial charge is 0.907 e. The Labute approximate surface area is 155 Å². The maximum absolute atomic E-state index is 8.63. The zero-order valence-electron chi connectivity index (χ0n) is 7.59. The van der Waals surface area contributed by atoms with Gasteiger partial charge in [-0.15, -0.1) is 0 Å². The van der Waals surface area contributed by atoms with Crippen LogP contribution in [0.5, 0.6) is 0 Å². The first-order valence-corrected chi connectivity index (χ1v) is 2.75. The van der Waals surface area contributed by atoms with Crippen molar-refractivity contribution in [2.24, 2.45) is 0 Å². The average molecular weight is 278 g/mol. The molecule has 5 N–H and O–H groups in total. The third kappa shape index (κ3) is 327. The summed E-state index contributed by atoms with van der Waals surface area (Å²) in [4.78, 5) is 0. The zero-order valence-corrected chi connectivity index (χ0v) is 14.6. The maximum Gasteiger partial charge on any atom is 2.00 e. The summed E-state index contributed by atoms with van der Waals surface area (Å²) < 4.78 is 32.8. The van der Waals surface area contributed by atoms with Gasteiger partial charge in [-0.25, -0.2) is 8.42 Å². The third-order valence-electron chi connectivity index (χ3n) is 0. The quantitative estimate of drug-likeness (QED) is 0.256. The Kier molecular flexibility index (Phi) is 77.7. The molecule has 14 heavy (non-hydrogen) atoms. The van der Waals surface area contributed by atoms with Crippen LogP contribution in [-0.2, 0) is 10.4 Å². The summed E-state index contributed by atoms with van der Waals surface area (Å²) in [5, 5.41) is 25.2. The van der Waals surface area contributed by atoms with Crippen molar-refractivity contribution < 1.29 is 103 Å². The molecule has 0 aromatic heterocycles. The van der Waals surface area contributed by atoms with Crippen molar-refractivity contribution in [3.63, 3.8) is 0 Å². The summed E-state index contributed by atoms with van der Waals surface area (Å²) in [6, 6.07) is 0. The molecule has 0 aliphatic carbocycles. The van der Waals surface area contributed by atoms with E-state index in [4.69, 9.17) is 32.6 Å². The predicted octanol–water partition coefficient (Wildman–Crippen LogP) is -13.0. The van der Waals surface area contributed by atoms with Crippen LogP contribution in [0.4, 0.5) is 0 Å². The van der Waals surface area contributed by atoms with Gasteiger partial charge >= 0.3 is 96.9 Å². The van der Waals surface area contributed by atoms with Gasteiger partial charge in [0.15, 0.2) is 0 Å². The van der Waals surface area contributed by atoms with Gasteiger partial charge in [0.2, 0.25) is 10.4 Å². The van der Waals surface area contributed by atoms with Gasteiger partial charge in [-0.1, -0.05) is 0 Å². The van der Waals surface area contributed by atoms with Gasteiger partial charge in [-0.05, 0) is 0 Å². The molecule has 0 aromatic carbocycles. The molecule has 0 spiro atoms. The van der Waals surface area contributed by atoms with Crippen LogP contribution < -0.4 is 74.2 Å². The Morgan fingerprint density at radius 1 is 1.00 bits per heavy atom. The summed E-state index contributed by atoms with van der Waals surface area (Å²) in [7, 11) is -7.83. The molecule has 0 aliphatic heterocycles. The van der Waals surface area contributed by atoms with Crippen molar-refractivity contribution in [1.29, 1.82) is 0 Å². The van der Waals surface area contributed by atoms with Crippen LogP contribution in [0.3, 0.4) is 0 Å². The van der Waals surface area contributed by atoms with Crippen molar-refractivity contribution in [3.8, 4) is 0 Å². The van der Waals surface area contributed by atoms with Gasteiger partial charge in [0.1, 0.15) is 0 Å². The summed E-state index contributed by atoms with van der Waals surface area (Å²) in [5.74, 6) is 0. The van der Waals surface area contributed by atoms with E-state index in [9.17, 15) is 0 Å². The van der Waals surface area contributed by atoms with E-state index in [-0.39, 0.29) is 108 Å². The fraction of sp³-hybridized carbons (Fsp3) is 0. The molecule has 0 saturated heterocycles. The van der Waals surface area contributed by atoms with E-state index in [1.54, 1.807) is 0 Å². The van der Waals surface area contributed by atoms with Crippen LogP contribution in [0.25, 0.3) is 0 Å². The molecule has 0 amide bonds. The van der Waals surface area contributed by atoms with Gasteiger partial charge < -0.3 is 30.6 Å². The number of rotatable bonds is 0. The Morgan fingerprint density at radius 2 is 1.00 bits per heavy atom. The standard InChI is InChI=1S/BO3.Ca.2Na.H2O4S.2H2O/c2-1(3)4;;;;1-5(2,3)4;;/h;;;;(H2,1,2,3,4);2*1H2/q-3;+2;2*+1;;;/p-1. The number of hydrogen-bond acceptors (Lipinski definition) is 6. The second-order valence-electron chi connectivity index (χ2n) is 0.716. The molecule has 0 radical (unpaired) electrons. The molecule has 0 atom stereocenters. The molecule has 0 bridgehead atoms. The fourth-order valence-electron chi connectivity index (χ4n) is 0. The maximum atomic E-state index is 8.63. The van der Waals surface area contributed by atoms with Gasteiger partial charge in [0.05, 0.1) is 0 Å². The molecule has 0 rings (SSSR count). The van der Waals surface area contributed by atoms with Gasteiger partial charge in [0.25, 0.3) is 0 Å². The van der Waals surface area contributed by atoms with Crippen LogP contribution in [0.2, 0.25) is 0 Å². The van der Waals surface area contributed by atoms with Crippen molar-refractivity contribution in [2.75, 3.05) is 0 Å². The Morgan fingerprint density at radius 3 is 1.00 bits per heavy atom. The van der Waals surface area contributed by atoms with Gasteiger partial charge in [-0.3, -0.25) is 11.9 Å². The normalized spacial score (nSPS) is 6.07. The van der Waals surface area contributed by atoms with Crippen molar-refractivity contribution in [2.45, 2.75) is 0 Å². The molecule has 9 nitrogen and oxygen atoms in total. The average Bonchev–Trinajstić information content (AvgIpc) is 1.19. The van der Waals surface area contributed by atoms with Gasteiger partial charge in [0, 0.05) is 0 Å². The monoisotopic (exact) mass is 278 g/mol. The van der Waals surface area contributed by atoms with Crippen LogP contribution in [0.1, 0.15) is 0 Å². The van der Waals surface area contributed by atoms with Crippen LogP contribution in [-0.4, -0.2) is 73.5 Å². The number of hydrogen-bond donors (Lipinski definition) is 1. The fourth-order valence-corrected chi connectivity index (χ4v) is 0. The Hall–Kier alpha value is 2.99. The largest absolute Gasteiger partial charge is 2.00 e. The molecule has 0 aliphatic rings. The molecule has 0 saturated carbocycles. The van der Waals surface area contributed by atoms with Crippen LogP contribution in [0.15, 0.2) is 0 Å². The second kappa shape index (κ2) is 25.0. The van der Waals surface area contributed by atoms with E-state index in [0.717, 1.165) is 0 Å². The van der Waals surface area contributed by atoms with Crippen molar-refractivity contribution >= 4 is 55.5 Å². The molecule has 0 aromatic rings. The van der Waals surface area contributed by atoms with E-state index in [1.165, 1.54) is 0 Å². The Bertz CT molecular complexity index is 134. The Balaban J connectivity index is -0.0000000104. The molecule has 72 valence electrons. The molecule has 0 heterocycles. The summed E-state index contributed by atoms with van der Waals surface area (Å²) in [6.07, 6.45) is 0. The van der Waals surface area contributed by atoms with E-state index in [2.05, 4.69) is 0 Å². The van der Waals surface area contributed by atoms with Crippen molar-refractivity contribution in [3.05, 3.63) is 0 Å². The van der Waals surface area contributed by atoms with Gasteiger partial charge in [-0.2, -0.15) is 0 Å². The summed E-state index contributed by atoms with van der Waals surface area (Å²) in [6.45, 7) is 0. The minimum absolute atomic E-state index is 0. The summed E-state index contributed by atoms with van der Waals surface area (Å²) >= 11 is 0. The summed E-state index contributed by atoms with van der Waals surface area (Å²) in [5.41, 5.74) is 0. The van der Waals surface area contributed by atoms with E-state index >= 15 is 0 Å². The molecular formula is H5BCaNa2O9S.